The molecule has 3 atom stereocenters. The Morgan fingerprint density at radius 2 is 1.82 bits per heavy atom. The van der Waals surface area contributed by atoms with Gasteiger partial charge in [-0.15, -0.1) is 0 Å². The van der Waals surface area contributed by atoms with Crippen molar-refractivity contribution < 1.29 is 24.8 Å². The Labute approximate surface area is 67.9 Å². The second-order valence-electron chi connectivity index (χ2n) is 1.99. The second-order valence-corrected chi connectivity index (χ2v) is 2.38. The number of thiocarbonyl (C=S) groups is 1. The first-order valence-corrected chi connectivity index (χ1v) is 3.26. The first-order chi connectivity index (χ1) is 5.00. The number of halogens is 1. The van der Waals surface area contributed by atoms with Crippen LogP contribution in [-0.4, -0.2) is 50.5 Å². The average Bonchev–Trinajstić information content (AvgIpc) is 2.00. The van der Waals surface area contributed by atoms with Crippen molar-refractivity contribution in [2.75, 3.05) is 6.61 Å². The minimum absolute atomic E-state index is 0.763. The normalized spacial score (nSPS) is 19.0. The number of rotatable bonds is 4. The molecule has 0 bridgehead atoms. The van der Waals surface area contributed by atoms with Crippen LogP contribution in [0.2, 0.25) is 0 Å². The molecule has 0 amide bonds. The lowest BCUT2D eigenvalue weighted by molar-refractivity contribution is -0.0568. The highest BCUT2D eigenvalue weighted by Crippen LogP contribution is 2.02. The molecule has 0 aliphatic heterocycles. The molecule has 4 N–H and O–H groups in total. The standard InChI is InChI=1S/C5H9FO4S/c6-5(11)4(10)3(9)2(8)1-7/h2-4,7-10H,1H2/t2-,3-,4-/m1/s1. The van der Waals surface area contributed by atoms with Gasteiger partial charge >= 0.3 is 0 Å². The van der Waals surface area contributed by atoms with Gasteiger partial charge in [0, 0.05) is 0 Å². The molecule has 0 aromatic heterocycles. The van der Waals surface area contributed by atoms with Crippen LogP contribution in [0.4, 0.5) is 4.39 Å². The van der Waals surface area contributed by atoms with Gasteiger partial charge in [0.15, 0.2) is 5.12 Å². The predicted octanol–water partition coefficient (Wildman–Crippen LogP) is -1.64. The van der Waals surface area contributed by atoms with Gasteiger partial charge in [-0.2, -0.15) is 4.39 Å². The highest BCUT2D eigenvalue weighted by atomic mass is 32.1. The van der Waals surface area contributed by atoms with Crippen LogP contribution >= 0.6 is 12.2 Å². The summed E-state index contributed by atoms with van der Waals surface area (Å²) in [5.74, 6) is 0. The lowest BCUT2D eigenvalue weighted by Crippen LogP contribution is -2.42. The van der Waals surface area contributed by atoms with E-state index in [2.05, 4.69) is 12.2 Å². The molecule has 0 fully saturated rings. The van der Waals surface area contributed by atoms with E-state index in [1.165, 1.54) is 0 Å². The zero-order valence-corrected chi connectivity index (χ0v) is 6.33. The summed E-state index contributed by atoms with van der Waals surface area (Å²) >= 11 is 3.89. The lowest BCUT2D eigenvalue weighted by atomic mass is 10.1. The third-order valence-electron chi connectivity index (χ3n) is 1.14. The third-order valence-corrected chi connectivity index (χ3v) is 1.38. The summed E-state index contributed by atoms with van der Waals surface area (Å²) in [6, 6.07) is 0. The molecular formula is C5H9FO4S. The van der Waals surface area contributed by atoms with Crippen LogP contribution in [-0.2, 0) is 0 Å². The summed E-state index contributed by atoms with van der Waals surface area (Å²) < 4.78 is 12.0. The topological polar surface area (TPSA) is 80.9 Å². The Kier molecular flexibility index (Phi) is 4.62. The summed E-state index contributed by atoms with van der Waals surface area (Å²) in [5, 5.41) is 33.0. The van der Waals surface area contributed by atoms with Crippen molar-refractivity contribution in [2.45, 2.75) is 18.3 Å². The van der Waals surface area contributed by atoms with E-state index in [0.29, 0.717) is 0 Å². The first kappa shape index (κ1) is 10.9. The van der Waals surface area contributed by atoms with Gasteiger partial charge in [-0.3, -0.25) is 0 Å². The van der Waals surface area contributed by atoms with Gasteiger partial charge in [0.2, 0.25) is 0 Å². The van der Waals surface area contributed by atoms with Gasteiger partial charge in [0.1, 0.15) is 18.3 Å². The minimum Gasteiger partial charge on any atom is -0.394 e. The highest BCUT2D eigenvalue weighted by molar-refractivity contribution is 7.80. The molecule has 66 valence electrons. The summed E-state index contributed by atoms with van der Waals surface area (Å²) in [4.78, 5) is 0. The van der Waals surface area contributed by atoms with Crippen molar-refractivity contribution in [1.29, 1.82) is 0 Å². The molecule has 0 saturated heterocycles. The van der Waals surface area contributed by atoms with Crippen molar-refractivity contribution >= 4 is 17.3 Å². The molecule has 4 nitrogen and oxygen atoms in total. The molecule has 6 heteroatoms. The molecule has 0 aliphatic rings. The van der Waals surface area contributed by atoms with E-state index in [4.69, 9.17) is 20.4 Å². The van der Waals surface area contributed by atoms with Gasteiger partial charge < -0.3 is 20.4 Å². The molecule has 0 unspecified atom stereocenters. The van der Waals surface area contributed by atoms with Crippen LogP contribution < -0.4 is 0 Å². The van der Waals surface area contributed by atoms with Crippen molar-refractivity contribution in [3.05, 3.63) is 0 Å². The first-order valence-electron chi connectivity index (χ1n) is 2.85. The highest BCUT2D eigenvalue weighted by Gasteiger charge is 2.27. The van der Waals surface area contributed by atoms with E-state index in [-0.39, 0.29) is 0 Å². The van der Waals surface area contributed by atoms with Gasteiger partial charge in [0.25, 0.3) is 0 Å². The van der Waals surface area contributed by atoms with Crippen molar-refractivity contribution in [2.24, 2.45) is 0 Å². The van der Waals surface area contributed by atoms with Crippen molar-refractivity contribution in [3.8, 4) is 0 Å². The van der Waals surface area contributed by atoms with E-state index >= 15 is 0 Å². The third kappa shape index (κ3) is 3.17. The lowest BCUT2D eigenvalue weighted by Gasteiger charge is -2.18. The van der Waals surface area contributed by atoms with Crippen LogP contribution in [0.5, 0.6) is 0 Å². The maximum Gasteiger partial charge on any atom is 0.194 e. The van der Waals surface area contributed by atoms with E-state index in [1.807, 2.05) is 0 Å². The Morgan fingerprint density at radius 3 is 2.09 bits per heavy atom. The Hall–Kier alpha value is -0.140. The van der Waals surface area contributed by atoms with Crippen molar-refractivity contribution in [3.63, 3.8) is 0 Å². The van der Waals surface area contributed by atoms with E-state index in [9.17, 15) is 4.39 Å². The number of aliphatic hydroxyl groups is 4. The monoisotopic (exact) mass is 184 g/mol. The van der Waals surface area contributed by atoms with Crippen LogP contribution in [0.15, 0.2) is 0 Å². The zero-order valence-electron chi connectivity index (χ0n) is 5.51. The average molecular weight is 184 g/mol. The zero-order chi connectivity index (χ0) is 9.02. The van der Waals surface area contributed by atoms with Gasteiger partial charge in [-0.1, -0.05) is 0 Å². The maximum absolute atomic E-state index is 12.0. The molecule has 0 radical (unpaired) electrons. The van der Waals surface area contributed by atoms with Gasteiger partial charge in [-0.05, 0) is 12.2 Å². The predicted molar refractivity (Wildman–Crippen MR) is 38.8 cm³/mol. The molecule has 11 heavy (non-hydrogen) atoms. The Morgan fingerprint density at radius 1 is 1.36 bits per heavy atom. The van der Waals surface area contributed by atoms with Crippen LogP contribution in [0.25, 0.3) is 0 Å². The molecule has 0 aromatic carbocycles. The number of aliphatic hydroxyl groups excluding tert-OH is 4. The molecule has 0 saturated carbocycles. The molecular weight excluding hydrogens is 175 g/mol. The maximum atomic E-state index is 12.0. The fourth-order valence-electron chi connectivity index (χ4n) is 0.453. The van der Waals surface area contributed by atoms with E-state index in [0.717, 1.165) is 0 Å². The molecule has 0 aliphatic carbocycles. The molecule has 0 heterocycles. The van der Waals surface area contributed by atoms with Crippen LogP contribution in [0, 0.1) is 0 Å². The number of hydrogen-bond donors (Lipinski definition) is 4. The minimum atomic E-state index is -1.92. The smallest absolute Gasteiger partial charge is 0.194 e. The Balaban J connectivity index is 4.00. The Bertz CT molecular complexity index is 142. The summed E-state index contributed by atoms with van der Waals surface area (Å²) in [7, 11) is 0. The number of hydrogen-bond acceptors (Lipinski definition) is 5. The van der Waals surface area contributed by atoms with E-state index in [1.54, 1.807) is 0 Å². The van der Waals surface area contributed by atoms with Gasteiger partial charge in [0.05, 0.1) is 6.61 Å². The molecule has 0 spiro atoms. The van der Waals surface area contributed by atoms with Crippen LogP contribution in [0.3, 0.4) is 0 Å². The summed E-state index contributed by atoms with van der Waals surface area (Å²) in [5.41, 5.74) is 0. The van der Waals surface area contributed by atoms with Crippen LogP contribution in [0.1, 0.15) is 0 Å². The molecule has 0 rings (SSSR count). The van der Waals surface area contributed by atoms with E-state index < -0.39 is 30.0 Å². The quantitative estimate of drug-likeness (QED) is 0.311. The second kappa shape index (κ2) is 4.68. The fraction of sp³-hybridized carbons (Fsp3) is 0.800. The molecule has 0 aromatic rings. The fourth-order valence-corrected chi connectivity index (χ4v) is 0.592. The summed E-state index contributed by atoms with van der Waals surface area (Å²) in [6.45, 7) is -0.763. The largest absolute Gasteiger partial charge is 0.394 e. The van der Waals surface area contributed by atoms with Gasteiger partial charge in [-0.25, -0.2) is 0 Å². The summed E-state index contributed by atoms with van der Waals surface area (Å²) in [6.07, 6.45) is -5.29. The SMILES string of the molecule is OC[C@@H](O)[C@@H](O)[C@@H](O)C(F)=S. The van der Waals surface area contributed by atoms with Crippen molar-refractivity contribution in [1.82, 2.24) is 0 Å².